The number of nitrogens with zero attached hydrogens (tertiary/aromatic N) is 2. The molecule has 2 unspecified atom stereocenters. The normalized spacial score (nSPS) is 13.1. The summed E-state index contributed by atoms with van der Waals surface area (Å²) < 4.78 is 27.2. The maximum Gasteiger partial charge on any atom is 0.244 e. The number of halogens is 1. The van der Waals surface area contributed by atoms with Crippen molar-refractivity contribution in [2.75, 3.05) is 17.1 Å². The first kappa shape index (κ1) is 27.9. The van der Waals surface area contributed by atoms with Gasteiger partial charge in [0.1, 0.15) is 12.6 Å². The monoisotopic (exact) mass is 551 g/mol. The SMILES string of the molecule is CCC(C)NC(=O)C(C)N(Cc1cccc(C)c1)C(=O)CN(c1ccc(Br)c(C)c1)S(C)(=O)=O. The van der Waals surface area contributed by atoms with Gasteiger partial charge in [0.15, 0.2) is 0 Å². The maximum absolute atomic E-state index is 13.5. The zero-order valence-corrected chi connectivity index (χ0v) is 23.0. The summed E-state index contributed by atoms with van der Waals surface area (Å²) in [6.07, 6.45) is 1.83. The molecule has 34 heavy (non-hydrogen) atoms. The van der Waals surface area contributed by atoms with Crippen LogP contribution in [0.4, 0.5) is 5.69 Å². The van der Waals surface area contributed by atoms with Gasteiger partial charge in [0, 0.05) is 17.1 Å². The quantitative estimate of drug-likeness (QED) is 0.480. The Balaban J connectivity index is 2.41. The van der Waals surface area contributed by atoms with Crippen LogP contribution < -0.4 is 9.62 Å². The van der Waals surface area contributed by atoms with E-state index in [2.05, 4.69) is 21.2 Å². The molecule has 186 valence electrons. The Kier molecular flexibility index (Phi) is 9.70. The molecule has 1 N–H and O–H groups in total. The molecule has 0 fully saturated rings. The smallest absolute Gasteiger partial charge is 0.244 e. The van der Waals surface area contributed by atoms with Gasteiger partial charge >= 0.3 is 0 Å². The first-order chi connectivity index (χ1) is 15.8. The molecule has 9 heteroatoms. The van der Waals surface area contributed by atoms with Gasteiger partial charge < -0.3 is 10.2 Å². The van der Waals surface area contributed by atoms with Crippen molar-refractivity contribution in [1.29, 1.82) is 0 Å². The van der Waals surface area contributed by atoms with Crippen molar-refractivity contribution in [2.24, 2.45) is 0 Å². The minimum absolute atomic E-state index is 0.0378. The third-order valence-corrected chi connectivity index (χ3v) is 7.74. The lowest BCUT2D eigenvalue weighted by molar-refractivity contribution is -0.139. The van der Waals surface area contributed by atoms with Gasteiger partial charge in [0.25, 0.3) is 0 Å². The molecular weight excluding hydrogens is 518 g/mol. The molecule has 2 rings (SSSR count). The number of carbonyl (C=O) groups is 2. The highest BCUT2D eigenvalue weighted by Crippen LogP contribution is 2.25. The Morgan fingerprint density at radius 1 is 1.09 bits per heavy atom. The van der Waals surface area contributed by atoms with Crippen LogP contribution >= 0.6 is 15.9 Å². The molecule has 0 spiro atoms. The predicted molar refractivity (Wildman–Crippen MR) is 140 cm³/mol. The van der Waals surface area contributed by atoms with Crippen LogP contribution in [0.2, 0.25) is 0 Å². The van der Waals surface area contributed by atoms with E-state index in [1.165, 1.54) is 4.90 Å². The summed E-state index contributed by atoms with van der Waals surface area (Å²) in [4.78, 5) is 27.9. The predicted octanol–water partition coefficient (Wildman–Crippen LogP) is 4.16. The highest BCUT2D eigenvalue weighted by Gasteiger charge is 2.30. The number of aryl methyl sites for hydroxylation is 2. The zero-order chi connectivity index (χ0) is 25.6. The topological polar surface area (TPSA) is 86.8 Å². The number of nitrogens with one attached hydrogen (secondary N) is 1. The van der Waals surface area contributed by atoms with E-state index in [1.807, 2.05) is 52.0 Å². The molecule has 2 aromatic rings. The molecule has 0 aliphatic heterocycles. The van der Waals surface area contributed by atoms with Crippen LogP contribution in [0.25, 0.3) is 0 Å². The van der Waals surface area contributed by atoms with E-state index in [4.69, 9.17) is 0 Å². The summed E-state index contributed by atoms with van der Waals surface area (Å²) >= 11 is 3.42. The van der Waals surface area contributed by atoms with Gasteiger partial charge in [-0.1, -0.05) is 52.7 Å². The molecule has 0 radical (unpaired) electrons. The van der Waals surface area contributed by atoms with E-state index < -0.39 is 28.5 Å². The Hall–Kier alpha value is -2.39. The summed E-state index contributed by atoms with van der Waals surface area (Å²) in [5, 5.41) is 2.92. The van der Waals surface area contributed by atoms with Crippen LogP contribution in [-0.4, -0.2) is 50.0 Å². The third kappa shape index (κ3) is 7.56. The van der Waals surface area contributed by atoms with E-state index in [-0.39, 0.29) is 18.5 Å². The molecule has 0 aromatic heterocycles. The summed E-state index contributed by atoms with van der Waals surface area (Å²) in [6, 6.07) is 12.0. The lowest BCUT2D eigenvalue weighted by atomic mass is 10.1. The summed E-state index contributed by atoms with van der Waals surface area (Å²) in [6.45, 7) is 9.12. The second kappa shape index (κ2) is 11.8. The lowest BCUT2D eigenvalue weighted by Gasteiger charge is -2.32. The van der Waals surface area contributed by atoms with Crippen LogP contribution in [0.3, 0.4) is 0 Å². The fraction of sp³-hybridized carbons (Fsp3) is 0.440. The Bertz CT molecular complexity index is 1140. The van der Waals surface area contributed by atoms with Crippen molar-refractivity contribution in [3.05, 3.63) is 63.6 Å². The fourth-order valence-electron chi connectivity index (χ4n) is 3.45. The van der Waals surface area contributed by atoms with Crippen molar-refractivity contribution >= 4 is 43.5 Å². The average molecular weight is 553 g/mol. The minimum Gasteiger partial charge on any atom is -0.352 e. The van der Waals surface area contributed by atoms with Gasteiger partial charge in [0.05, 0.1) is 11.9 Å². The number of rotatable bonds is 10. The van der Waals surface area contributed by atoms with Gasteiger partial charge in [-0.05, 0) is 63.4 Å². The molecule has 2 aromatic carbocycles. The van der Waals surface area contributed by atoms with Gasteiger partial charge in [-0.2, -0.15) is 0 Å². The Morgan fingerprint density at radius 2 is 1.76 bits per heavy atom. The van der Waals surface area contributed by atoms with Crippen molar-refractivity contribution in [3.63, 3.8) is 0 Å². The van der Waals surface area contributed by atoms with E-state index >= 15 is 0 Å². The minimum atomic E-state index is -3.75. The molecule has 0 saturated heterocycles. The molecule has 0 heterocycles. The van der Waals surface area contributed by atoms with Crippen molar-refractivity contribution in [3.8, 4) is 0 Å². The average Bonchev–Trinajstić information content (AvgIpc) is 2.76. The molecule has 2 amide bonds. The zero-order valence-electron chi connectivity index (χ0n) is 20.6. The molecule has 2 atom stereocenters. The molecule has 7 nitrogen and oxygen atoms in total. The second-order valence-corrected chi connectivity index (χ2v) is 11.5. The van der Waals surface area contributed by atoms with Crippen molar-refractivity contribution in [1.82, 2.24) is 10.2 Å². The Morgan fingerprint density at radius 3 is 2.32 bits per heavy atom. The third-order valence-electron chi connectivity index (χ3n) is 5.71. The standard InChI is InChI=1S/C25H34BrN3O4S/c1-7-19(4)27-25(31)20(5)28(15-21-10-8-9-17(2)13-21)24(30)16-29(34(6,32)33)22-11-12-23(26)18(3)14-22/h8-14,19-20H,7,15-16H2,1-6H3,(H,27,31). The molecule has 0 saturated carbocycles. The van der Waals surface area contributed by atoms with Crippen molar-refractivity contribution < 1.29 is 18.0 Å². The number of benzene rings is 2. The maximum atomic E-state index is 13.5. The van der Waals surface area contributed by atoms with Gasteiger partial charge in [0.2, 0.25) is 21.8 Å². The first-order valence-corrected chi connectivity index (χ1v) is 13.9. The van der Waals surface area contributed by atoms with Crippen molar-refractivity contribution in [2.45, 2.75) is 59.7 Å². The fourth-order valence-corrected chi connectivity index (χ4v) is 4.54. The number of anilines is 1. The van der Waals surface area contributed by atoms with E-state index in [9.17, 15) is 18.0 Å². The first-order valence-electron chi connectivity index (χ1n) is 11.2. The summed E-state index contributed by atoms with van der Waals surface area (Å²) in [5.74, 6) is -0.736. The van der Waals surface area contributed by atoms with Crippen LogP contribution in [-0.2, 0) is 26.2 Å². The van der Waals surface area contributed by atoms with E-state index in [0.29, 0.717) is 5.69 Å². The number of carbonyl (C=O) groups excluding carboxylic acids is 2. The lowest BCUT2D eigenvalue weighted by Crippen LogP contribution is -2.52. The number of hydrogen-bond acceptors (Lipinski definition) is 4. The largest absolute Gasteiger partial charge is 0.352 e. The van der Waals surface area contributed by atoms with Crippen LogP contribution in [0, 0.1) is 13.8 Å². The number of amides is 2. The highest BCUT2D eigenvalue weighted by atomic mass is 79.9. The molecule has 0 bridgehead atoms. The highest BCUT2D eigenvalue weighted by molar-refractivity contribution is 9.10. The van der Waals surface area contributed by atoms with Crippen LogP contribution in [0.5, 0.6) is 0 Å². The second-order valence-electron chi connectivity index (χ2n) is 8.71. The summed E-state index contributed by atoms with van der Waals surface area (Å²) in [5.41, 5.74) is 3.13. The number of hydrogen-bond donors (Lipinski definition) is 1. The van der Waals surface area contributed by atoms with Crippen LogP contribution in [0.1, 0.15) is 43.9 Å². The van der Waals surface area contributed by atoms with Crippen LogP contribution in [0.15, 0.2) is 46.9 Å². The molecule has 0 aliphatic carbocycles. The van der Waals surface area contributed by atoms with Gasteiger partial charge in [-0.15, -0.1) is 0 Å². The molecule has 0 aliphatic rings. The number of sulfonamides is 1. The van der Waals surface area contributed by atoms with E-state index in [1.54, 1.807) is 25.1 Å². The van der Waals surface area contributed by atoms with E-state index in [0.717, 1.165) is 38.1 Å². The Labute approximate surface area is 211 Å². The van der Waals surface area contributed by atoms with Gasteiger partial charge in [-0.3, -0.25) is 13.9 Å². The summed E-state index contributed by atoms with van der Waals surface area (Å²) in [7, 11) is -3.75. The van der Waals surface area contributed by atoms with Gasteiger partial charge in [-0.25, -0.2) is 8.42 Å². The molecular formula is C25H34BrN3O4S.